The van der Waals surface area contributed by atoms with Crippen LogP contribution in [0.2, 0.25) is 0 Å². The number of benzene rings is 1. The molecule has 0 aliphatic carbocycles. The number of hydrogen-bond donors (Lipinski definition) is 0. The smallest absolute Gasteiger partial charge is 0.223 e. The van der Waals surface area contributed by atoms with Crippen molar-refractivity contribution in [2.45, 2.75) is 52.2 Å². The first-order chi connectivity index (χ1) is 12.1. The number of piperidine rings is 1. The van der Waals surface area contributed by atoms with Gasteiger partial charge in [-0.1, -0.05) is 35.5 Å². The molecule has 0 radical (unpaired) electrons. The fourth-order valence-electron chi connectivity index (χ4n) is 3.51. The van der Waals surface area contributed by atoms with E-state index in [-0.39, 0.29) is 12.2 Å². The van der Waals surface area contributed by atoms with Crippen LogP contribution in [-0.2, 0) is 11.2 Å². The minimum absolute atomic E-state index is 0.137. The lowest BCUT2D eigenvalue weighted by Crippen LogP contribution is -2.38. The molecule has 1 aliphatic heterocycles. The molecule has 1 atom stereocenters. The first-order valence-electron chi connectivity index (χ1n) is 9.32. The van der Waals surface area contributed by atoms with Crippen LogP contribution in [0.1, 0.15) is 50.1 Å². The molecule has 136 valence electrons. The lowest BCUT2D eigenvalue weighted by molar-refractivity contribution is -0.0187. The van der Waals surface area contributed by atoms with Gasteiger partial charge in [0.1, 0.15) is 0 Å². The molecule has 5 heteroatoms. The van der Waals surface area contributed by atoms with E-state index in [1.165, 1.54) is 18.4 Å². The van der Waals surface area contributed by atoms with Crippen molar-refractivity contribution in [1.82, 2.24) is 15.0 Å². The number of hydrogen-bond acceptors (Lipinski definition) is 5. The van der Waals surface area contributed by atoms with Crippen molar-refractivity contribution in [2.75, 3.05) is 19.6 Å². The molecular weight excluding hydrogens is 314 g/mol. The molecule has 1 fully saturated rings. The van der Waals surface area contributed by atoms with E-state index in [9.17, 15) is 0 Å². The summed E-state index contributed by atoms with van der Waals surface area (Å²) in [6.45, 7) is 9.22. The van der Waals surface area contributed by atoms with Gasteiger partial charge in [0.25, 0.3) is 0 Å². The minimum atomic E-state index is 0.137. The van der Waals surface area contributed by atoms with Crippen LogP contribution in [0.25, 0.3) is 0 Å². The number of nitrogens with zero attached hydrogens (tertiary/aromatic N) is 3. The van der Waals surface area contributed by atoms with Crippen molar-refractivity contribution in [3.63, 3.8) is 0 Å². The third-order valence-corrected chi connectivity index (χ3v) is 4.78. The summed E-state index contributed by atoms with van der Waals surface area (Å²) in [6, 6.07) is 10.6. The Bertz CT molecular complexity index is 633. The van der Waals surface area contributed by atoms with Gasteiger partial charge in [-0.05, 0) is 51.3 Å². The molecule has 1 saturated heterocycles. The Hall–Kier alpha value is -1.72. The summed E-state index contributed by atoms with van der Waals surface area (Å²) in [5.41, 5.74) is 1.26. The Balaban J connectivity index is 1.52. The van der Waals surface area contributed by atoms with Gasteiger partial charge in [0.2, 0.25) is 5.89 Å². The molecule has 0 bridgehead atoms. The van der Waals surface area contributed by atoms with E-state index in [0.717, 1.165) is 31.9 Å². The van der Waals surface area contributed by atoms with Gasteiger partial charge in [0.05, 0.1) is 12.2 Å². The van der Waals surface area contributed by atoms with Crippen LogP contribution in [0.4, 0.5) is 0 Å². The third-order valence-electron chi connectivity index (χ3n) is 4.78. The van der Waals surface area contributed by atoms with Crippen LogP contribution in [-0.4, -0.2) is 40.8 Å². The van der Waals surface area contributed by atoms with Gasteiger partial charge in [-0.2, -0.15) is 4.98 Å². The Morgan fingerprint density at radius 2 is 1.92 bits per heavy atom. The van der Waals surface area contributed by atoms with Gasteiger partial charge in [-0.25, -0.2) is 0 Å². The maximum absolute atomic E-state index is 6.19. The van der Waals surface area contributed by atoms with E-state index in [4.69, 9.17) is 9.26 Å². The lowest BCUT2D eigenvalue weighted by atomic mass is 9.93. The molecule has 1 aromatic heterocycles. The largest absolute Gasteiger partial charge is 0.370 e. The number of rotatable bonds is 7. The number of aryl methyl sites for hydroxylation is 1. The van der Waals surface area contributed by atoms with Crippen LogP contribution < -0.4 is 0 Å². The lowest BCUT2D eigenvalue weighted by Gasteiger charge is -2.34. The SMILES string of the molecule is Cc1nc(CC2CCN(CC(OC(C)C)c3ccccc3)CC2)no1. The first-order valence-corrected chi connectivity index (χ1v) is 9.32. The van der Waals surface area contributed by atoms with Gasteiger partial charge >= 0.3 is 0 Å². The van der Waals surface area contributed by atoms with Gasteiger partial charge in [0, 0.05) is 19.9 Å². The highest BCUT2D eigenvalue weighted by atomic mass is 16.5. The molecule has 1 aromatic carbocycles. The molecule has 2 aromatic rings. The summed E-state index contributed by atoms with van der Waals surface area (Å²) in [4.78, 5) is 6.86. The van der Waals surface area contributed by atoms with Crippen molar-refractivity contribution in [3.8, 4) is 0 Å². The summed E-state index contributed by atoms with van der Waals surface area (Å²) in [5, 5.41) is 4.03. The molecular formula is C20H29N3O2. The van der Waals surface area contributed by atoms with Crippen LogP contribution in [0.5, 0.6) is 0 Å². The Morgan fingerprint density at radius 3 is 2.52 bits per heavy atom. The summed E-state index contributed by atoms with van der Waals surface area (Å²) in [6.07, 6.45) is 3.64. The summed E-state index contributed by atoms with van der Waals surface area (Å²) >= 11 is 0. The van der Waals surface area contributed by atoms with Crippen molar-refractivity contribution in [3.05, 3.63) is 47.6 Å². The van der Waals surface area contributed by atoms with Crippen LogP contribution in [0, 0.1) is 12.8 Å². The van der Waals surface area contributed by atoms with Crippen molar-refractivity contribution in [2.24, 2.45) is 5.92 Å². The molecule has 1 aliphatic rings. The molecule has 0 spiro atoms. The fourth-order valence-corrected chi connectivity index (χ4v) is 3.51. The Morgan fingerprint density at radius 1 is 1.20 bits per heavy atom. The standard InChI is InChI=1S/C20H29N3O2/c1-15(2)24-19(18-7-5-4-6-8-18)14-23-11-9-17(10-12-23)13-20-21-16(3)25-22-20/h4-8,15,17,19H,9-14H2,1-3H3. The van der Waals surface area contributed by atoms with E-state index in [2.05, 4.69) is 59.2 Å². The van der Waals surface area contributed by atoms with Gasteiger partial charge in [0.15, 0.2) is 5.82 Å². The predicted octanol–water partition coefficient (Wildman–Crippen LogP) is 3.80. The molecule has 0 N–H and O–H groups in total. The van der Waals surface area contributed by atoms with Crippen LogP contribution >= 0.6 is 0 Å². The zero-order chi connectivity index (χ0) is 17.6. The molecule has 0 saturated carbocycles. The second-order valence-corrected chi connectivity index (χ2v) is 7.26. The second kappa shape index (κ2) is 8.59. The molecule has 3 rings (SSSR count). The van der Waals surface area contributed by atoms with E-state index >= 15 is 0 Å². The summed E-state index contributed by atoms with van der Waals surface area (Å²) < 4.78 is 11.3. The second-order valence-electron chi connectivity index (χ2n) is 7.26. The molecule has 2 heterocycles. The van der Waals surface area contributed by atoms with Crippen molar-refractivity contribution < 1.29 is 9.26 Å². The number of aromatic nitrogens is 2. The average molecular weight is 343 g/mol. The molecule has 5 nitrogen and oxygen atoms in total. The fraction of sp³-hybridized carbons (Fsp3) is 0.600. The summed E-state index contributed by atoms with van der Waals surface area (Å²) in [7, 11) is 0. The van der Waals surface area contributed by atoms with Crippen molar-refractivity contribution >= 4 is 0 Å². The first kappa shape index (κ1) is 18.1. The van der Waals surface area contributed by atoms with E-state index < -0.39 is 0 Å². The Kier molecular flexibility index (Phi) is 6.21. The van der Waals surface area contributed by atoms with Crippen molar-refractivity contribution in [1.29, 1.82) is 0 Å². The van der Waals surface area contributed by atoms with E-state index in [1.807, 2.05) is 6.92 Å². The van der Waals surface area contributed by atoms with Gasteiger partial charge < -0.3 is 14.2 Å². The predicted molar refractivity (Wildman–Crippen MR) is 97.3 cm³/mol. The normalized spacial score (nSPS) is 17.9. The van der Waals surface area contributed by atoms with E-state index in [1.54, 1.807) is 0 Å². The minimum Gasteiger partial charge on any atom is -0.370 e. The maximum atomic E-state index is 6.19. The monoisotopic (exact) mass is 343 g/mol. The Labute approximate surface area is 150 Å². The zero-order valence-electron chi connectivity index (χ0n) is 15.5. The van der Waals surface area contributed by atoms with Crippen LogP contribution in [0.15, 0.2) is 34.9 Å². The zero-order valence-corrected chi connectivity index (χ0v) is 15.5. The average Bonchev–Trinajstić information content (AvgIpc) is 3.01. The number of likely N-dealkylation sites (tertiary alicyclic amines) is 1. The van der Waals surface area contributed by atoms with Crippen LogP contribution in [0.3, 0.4) is 0 Å². The van der Waals surface area contributed by atoms with E-state index in [0.29, 0.717) is 11.8 Å². The highest BCUT2D eigenvalue weighted by Gasteiger charge is 2.24. The maximum Gasteiger partial charge on any atom is 0.223 e. The summed E-state index contributed by atoms with van der Waals surface area (Å²) in [5.74, 6) is 2.15. The molecule has 25 heavy (non-hydrogen) atoms. The van der Waals surface area contributed by atoms with Gasteiger partial charge in [-0.3, -0.25) is 0 Å². The quantitative estimate of drug-likeness (QED) is 0.765. The molecule has 0 amide bonds. The topological polar surface area (TPSA) is 51.4 Å². The third kappa shape index (κ3) is 5.38. The molecule has 1 unspecified atom stereocenters. The highest BCUT2D eigenvalue weighted by molar-refractivity contribution is 5.18. The number of ether oxygens (including phenoxy) is 1. The highest BCUT2D eigenvalue weighted by Crippen LogP contribution is 2.25. The van der Waals surface area contributed by atoms with Gasteiger partial charge in [-0.15, -0.1) is 0 Å².